The van der Waals surface area contributed by atoms with Crippen LogP contribution in [-0.4, -0.2) is 45.9 Å². The maximum atomic E-state index is 5.91. The van der Waals surface area contributed by atoms with Crippen LogP contribution in [-0.2, 0) is 0 Å². The van der Waals surface area contributed by atoms with Gasteiger partial charge in [0.15, 0.2) is 0 Å². The summed E-state index contributed by atoms with van der Waals surface area (Å²) >= 11 is 0. The summed E-state index contributed by atoms with van der Waals surface area (Å²) in [5.74, 6) is 1.59. The van der Waals surface area contributed by atoms with E-state index < -0.39 is 0 Å². The molecule has 1 aromatic carbocycles. The number of benzene rings is 1. The van der Waals surface area contributed by atoms with Crippen LogP contribution in [0.15, 0.2) is 24.3 Å². The van der Waals surface area contributed by atoms with Crippen LogP contribution in [0.2, 0.25) is 0 Å². The summed E-state index contributed by atoms with van der Waals surface area (Å²) in [4.78, 5) is 3.52. The molecule has 2 rings (SSSR count). The summed E-state index contributed by atoms with van der Waals surface area (Å²) in [6.07, 6.45) is 1.16. The number of likely N-dealkylation sites (N-methyl/N-ethyl adjacent to an activating group) is 1. The molecular weight excluding hydrogens is 260 g/mol. The summed E-state index contributed by atoms with van der Waals surface area (Å²) in [6, 6.07) is 8.53. The van der Waals surface area contributed by atoms with Gasteiger partial charge < -0.3 is 14.5 Å². The molecule has 2 N–H and O–H groups in total. The lowest BCUT2D eigenvalue weighted by molar-refractivity contribution is -1.01. The molecule has 1 fully saturated rings. The topological polar surface area (TPSA) is 18.1 Å². The molecule has 1 aliphatic rings. The van der Waals surface area contributed by atoms with E-state index in [2.05, 4.69) is 45.0 Å². The lowest BCUT2D eigenvalue weighted by atomic mass is 10.0. The highest BCUT2D eigenvalue weighted by molar-refractivity contribution is 5.30. The first kappa shape index (κ1) is 16.3. The Morgan fingerprint density at radius 2 is 1.81 bits per heavy atom. The Morgan fingerprint density at radius 1 is 1.10 bits per heavy atom. The molecular formula is C18H32N2O+2. The van der Waals surface area contributed by atoms with Gasteiger partial charge in [-0.05, 0) is 30.5 Å². The van der Waals surface area contributed by atoms with Crippen LogP contribution >= 0.6 is 0 Å². The fourth-order valence-corrected chi connectivity index (χ4v) is 3.04. The van der Waals surface area contributed by atoms with Gasteiger partial charge in [-0.15, -0.1) is 0 Å². The summed E-state index contributed by atoms with van der Waals surface area (Å²) < 4.78 is 5.91. The van der Waals surface area contributed by atoms with Crippen LogP contribution in [0.1, 0.15) is 38.7 Å². The Morgan fingerprint density at radius 3 is 2.48 bits per heavy atom. The number of hydrogen-bond acceptors (Lipinski definition) is 1. The smallest absolute Gasteiger partial charge is 0.127 e. The van der Waals surface area contributed by atoms with E-state index in [9.17, 15) is 0 Å². The monoisotopic (exact) mass is 292 g/mol. The average molecular weight is 292 g/mol. The molecule has 0 atom stereocenters. The van der Waals surface area contributed by atoms with Gasteiger partial charge in [0.25, 0.3) is 0 Å². The Balaban J connectivity index is 1.65. The number of nitrogens with one attached hydrogen (secondary N) is 2. The fraction of sp³-hybridized carbons (Fsp3) is 0.667. The van der Waals surface area contributed by atoms with E-state index in [1.165, 1.54) is 44.8 Å². The molecule has 118 valence electrons. The zero-order valence-electron chi connectivity index (χ0n) is 14.0. The van der Waals surface area contributed by atoms with Gasteiger partial charge in [0, 0.05) is 6.42 Å². The Kier molecular flexibility index (Phi) is 6.52. The number of quaternary nitrogens is 2. The predicted octanol–water partition coefficient (Wildman–Crippen LogP) is 0.382. The van der Waals surface area contributed by atoms with Crippen molar-refractivity contribution in [2.75, 3.05) is 45.9 Å². The second kappa shape index (κ2) is 8.40. The van der Waals surface area contributed by atoms with Gasteiger partial charge in [0.1, 0.15) is 31.9 Å². The van der Waals surface area contributed by atoms with E-state index in [0.717, 1.165) is 18.8 Å². The van der Waals surface area contributed by atoms with Crippen molar-refractivity contribution in [1.29, 1.82) is 0 Å². The van der Waals surface area contributed by atoms with E-state index >= 15 is 0 Å². The van der Waals surface area contributed by atoms with Crippen molar-refractivity contribution in [2.24, 2.45) is 0 Å². The molecule has 1 saturated heterocycles. The second-order valence-electron chi connectivity index (χ2n) is 6.53. The van der Waals surface area contributed by atoms with Crippen molar-refractivity contribution < 1.29 is 14.5 Å². The maximum absolute atomic E-state index is 5.91. The van der Waals surface area contributed by atoms with Gasteiger partial charge in [0.2, 0.25) is 0 Å². The van der Waals surface area contributed by atoms with Crippen molar-refractivity contribution >= 4 is 0 Å². The molecule has 0 spiro atoms. The largest absolute Gasteiger partial charge is 0.493 e. The van der Waals surface area contributed by atoms with Crippen LogP contribution in [0.4, 0.5) is 0 Å². The van der Waals surface area contributed by atoms with Crippen LogP contribution in [0.5, 0.6) is 5.75 Å². The number of piperazine rings is 1. The van der Waals surface area contributed by atoms with Crippen LogP contribution in [0.3, 0.4) is 0 Å². The van der Waals surface area contributed by atoms with Crippen LogP contribution in [0.25, 0.3) is 0 Å². The Labute approximate surface area is 129 Å². The first-order valence-electron chi connectivity index (χ1n) is 8.59. The van der Waals surface area contributed by atoms with Crippen molar-refractivity contribution in [3.63, 3.8) is 0 Å². The molecule has 1 heterocycles. The van der Waals surface area contributed by atoms with Gasteiger partial charge in [-0.1, -0.05) is 26.0 Å². The molecule has 0 aliphatic carbocycles. The number of rotatable bonds is 7. The second-order valence-corrected chi connectivity index (χ2v) is 6.53. The van der Waals surface area contributed by atoms with Crippen molar-refractivity contribution in [3.05, 3.63) is 29.8 Å². The van der Waals surface area contributed by atoms with Gasteiger partial charge in [-0.3, -0.25) is 0 Å². The van der Waals surface area contributed by atoms with Gasteiger partial charge in [-0.25, -0.2) is 0 Å². The van der Waals surface area contributed by atoms with Crippen LogP contribution < -0.4 is 14.5 Å². The first-order chi connectivity index (χ1) is 10.2. The number of ether oxygens (including phenoxy) is 1. The third-order valence-corrected chi connectivity index (χ3v) is 4.63. The van der Waals surface area contributed by atoms with E-state index in [1.54, 1.807) is 9.80 Å². The van der Waals surface area contributed by atoms with Crippen LogP contribution in [0, 0.1) is 0 Å². The quantitative estimate of drug-likeness (QED) is 0.696. The summed E-state index contributed by atoms with van der Waals surface area (Å²) in [5, 5.41) is 0. The molecule has 0 unspecified atom stereocenters. The summed E-state index contributed by atoms with van der Waals surface area (Å²) in [6.45, 7) is 15.4. The third kappa shape index (κ3) is 5.33. The highest BCUT2D eigenvalue weighted by Gasteiger charge is 2.20. The average Bonchev–Trinajstić information content (AvgIpc) is 2.52. The lowest BCUT2D eigenvalue weighted by Gasteiger charge is -2.28. The van der Waals surface area contributed by atoms with Gasteiger partial charge in [0.05, 0.1) is 19.7 Å². The minimum atomic E-state index is 0.565. The molecule has 0 radical (unpaired) electrons. The SMILES string of the molecule is CC[NH+]1CC[NH+](CCCOc2cccc(C(C)C)c2)CC1. The molecule has 1 aromatic rings. The lowest BCUT2D eigenvalue weighted by Crippen LogP contribution is -3.28. The zero-order valence-corrected chi connectivity index (χ0v) is 14.0. The van der Waals surface area contributed by atoms with E-state index in [-0.39, 0.29) is 0 Å². The highest BCUT2D eigenvalue weighted by Crippen LogP contribution is 2.19. The van der Waals surface area contributed by atoms with Crippen molar-refractivity contribution in [2.45, 2.75) is 33.1 Å². The molecule has 1 aliphatic heterocycles. The van der Waals surface area contributed by atoms with Gasteiger partial charge >= 0.3 is 0 Å². The molecule has 21 heavy (non-hydrogen) atoms. The van der Waals surface area contributed by atoms with E-state index in [1.807, 2.05) is 0 Å². The molecule has 3 heteroatoms. The zero-order chi connectivity index (χ0) is 15.1. The Hall–Kier alpha value is -1.06. The number of hydrogen-bond donors (Lipinski definition) is 2. The molecule has 0 bridgehead atoms. The molecule has 0 aromatic heterocycles. The Bertz CT molecular complexity index is 411. The van der Waals surface area contributed by atoms with Crippen molar-refractivity contribution in [1.82, 2.24) is 0 Å². The predicted molar refractivity (Wildman–Crippen MR) is 87.4 cm³/mol. The normalized spacial score (nSPS) is 22.5. The standard InChI is InChI=1S/C18H30N2O/c1-4-19-10-12-20(13-11-19)9-6-14-21-18-8-5-7-17(15-18)16(2)3/h5,7-8,15-16H,4,6,9-14H2,1-3H3/p+2. The minimum absolute atomic E-state index is 0.565. The summed E-state index contributed by atoms with van der Waals surface area (Å²) in [7, 11) is 0. The molecule has 0 saturated carbocycles. The molecule has 0 amide bonds. The van der Waals surface area contributed by atoms with E-state index in [0.29, 0.717) is 5.92 Å². The van der Waals surface area contributed by atoms with E-state index in [4.69, 9.17) is 4.74 Å². The fourth-order valence-electron chi connectivity index (χ4n) is 3.04. The molecule has 3 nitrogen and oxygen atoms in total. The van der Waals surface area contributed by atoms with Gasteiger partial charge in [-0.2, -0.15) is 0 Å². The first-order valence-corrected chi connectivity index (χ1v) is 8.59. The summed E-state index contributed by atoms with van der Waals surface area (Å²) in [5.41, 5.74) is 1.36. The maximum Gasteiger partial charge on any atom is 0.127 e. The minimum Gasteiger partial charge on any atom is -0.493 e. The third-order valence-electron chi connectivity index (χ3n) is 4.63. The van der Waals surface area contributed by atoms with Crippen molar-refractivity contribution in [3.8, 4) is 5.75 Å². The highest BCUT2D eigenvalue weighted by atomic mass is 16.5.